The van der Waals surface area contributed by atoms with Gasteiger partial charge in [-0.05, 0) is 44.0 Å². The number of carbonyl (C=O) groups is 2. The molecule has 0 radical (unpaired) electrons. The van der Waals surface area contributed by atoms with Crippen LogP contribution in [0.1, 0.15) is 37.0 Å². The fraction of sp³-hybridized carbons (Fsp3) is 0.417. The van der Waals surface area contributed by atoms with Crippen LogP contribution in [-0.4, -0.2) is 50.5 Å². The Balaban J connectivity index is 2.52. The zero-order chi connectivity index (χ0) is 27.3. The Hall–Kier alpha value is -2.79. The largest absolute Gasteiger partial charge is 0.417 e. The normalized spacial score (nSPS) is 12.7. The van der Waals surface area contributed by atoms with E-state index in [9.17, 15) is 31.2 Å². The van der Waals surface area contributed by atoms with Crippen LogP contribution in [0.4, 0.5) is 18.9 Å². The van der Waals surface area contributed by atoms with E-state index in [1.165, 1.54) is 4.90 Å². The van der Waals surface area contributed by atoms with Crippen LogP contribution in [0.2, 0.25) is 5.02 Å². The van der Waals surface area contributed by atoms with Crippen molar-refractivity contribution in [1.82, 2.24) is 10.2 Å². The number of aryl methyl sites for hydroxylation is 1. The molecule has 2 aromatic carbocycles. The lowest BCUT2D eigenvalue weighted by Crippen LogP contribution is -2.52. The first kappa shape index (κ1) is 29.4. The average molecular weight is 548 g/mol. The molecule has 0 aliphatic carbocycles. The van der Waals surface area contributed by atoms with Gasteiger partial charge in [0.2, 0.25) is 21.8 Å². The number of nitrogens with one attached hydrogen (secondary N) is 1. The number of nitrogens with zero attached hydrogens (tertiary/aromatic N) is 2. The molecule has 0 fully saturated rings. The van der Waals surface area contributed by atoms with Gasteiger partial charge < -0.3 is 10.2 Å². The van der Waals surface area contributed by atoms with Crippen molar-refractivity contribution in [3.63, 3.8) is 0 Å². The second kappa shape index (κ2) is 12.0. The molecule has 0 aliphatic heterocycles. The number of benzene rings is 2. The number of carbonyl (C=O) groups excluding carboxylic acids is 2. The molecule has 0 unspecified atom stereocenters. The molecule has 36 heavy (non-hydrogen) atoms. The van der Waals surface area contributed by atoms with Gasteiger partial charge >= 0.3 is 6.18 Å². The van der Waals surface area contributed by atoms with Crippen LogP contribution in [0.25, 0.3) is 0 Å². The van der Waals surface area contributed by atoms with Gasteiger partial charge in [-0.1, -0.05) is 48.4 Å². The summed E-state index contributed by atoms with van der Waals surface area (Å²) in [5, 5.41) is 2.07. The monoisotopic (exact) mass is 547 g/mol. The standard InChI is InChI=1S/C24H29ClF3N3O4S/c1-5-21(23(33)29-6-2)30(14-17-9-7-8-16(3)12-17)22(32)15-31(36(4,34)35)18-10-11-20(25)19(13-18)24(26,27)28/h7-13,21H,5-6,14-15H2,1-4H3,(H,29,33)/t21-/m0/s1. The Kier molecular flexibility index (Phi) is 9.78. The van der Waals surface area contributed by atoms with E-state index >= 15 is 0 Å². The Bertz CT molecular complexity index is 1210. The Morgan fingerprint density at radius 1 is 1.11 bits per heavy atom. The Morgan fingerprint density at radius 2 is 1.78 bits per heavy atom. The summed E-state index contributed by atoms with van der Waals surface area (Å²) < 4.78 is 65.9. The molecule has 12 heteroatoms. The van der Waals surface area contributed by atoms with Crippen molar-refractivity contribution in [2.75, 3.05) is 23.7 Å². The molecule has 2 aromatic rings. The predicted octanol–water partition coefficient (Wildman–Crippen LogP) is 4.38. The first-order valence-corrected chi connectivity index (χ1v) is 13.4. The molecule has 0 aromatic heterocycles. The van der Waals surface area contributed by atoms with E-state index in [0.717, 1.165) is 24.0 Å². The maximum absolute atomic E-state index is 13.5. The van der Waals surface area contributed by atoms with E-state index in [-0.39, 0.29) is 18.7 Å². The molecule has 1 atom stereocenters. The highest BCUT2D eigenvalue weighted by atomic mass is 35.5. The van der Waals surface area contributed by atoms with Crippen LogP contribution in [0.15, 0.2) is 42.5 Å². The SMILES string of the molecule is CCNC(=O)[C@H](CC)N(Cc1cccc(C)c1)C(=O)CN(c1ccc(Cl)c(C(F)(F)F)c1)S(C)(=O)=O. The van der Waals surface area contributed by atoms with Crippen LogP contribution in [0, 0.1) is 6.92 Å². The van der Waals surface area contributed by atoms with E-state index < -0.39 is 51.2 Å². The van der Waals surface area contributed by atoms with Crippen molar-refractivity contribution in [2.24, 2.45) is 0 Å². The number of amides is 2. The third kappa shape index (κ3) is 7.60. The smallest absolute Gasteiger partial charge is 0.355 e. The highest BCUT2D eigenvalue weighted by Crippen LogP contribution is 2.37. The van der Waals surface area contributed by atoms with E-state index in [1.54, 1.807) is 26.0 Å². The lowest BCUT2D eigenvalue weighted by Gasteiger charge is -2.33. The molecule has 0 heterocycles. The molecule has 198 valence electrons. The number of likely N-dealkylation sites (N-methyl/N-ethyl adjacent to an activating group) is 1. The molecule has 7 nitrogen and oxygen atoms in total. The lowest BCUT2D eigenvalue weighted by molar-refractivity contribution is -0.140. The van der Waals surface area contributed by atoms with Crippen molar-refractivity contribution < 1.29 is 31.2 Å². The highest BCUT2D eigenvalue weighted by Gasteiger charge is 2.36. The quantitative estimate of drug-likeness (QED) is 0.478. The van der Waals surface area contributed by atoms with E-state index in [1.807, 2.05) is 19.1 Å². The molecule has 0 bridgehead atoms. The predicted molar refractivity (Wildman–Crippen MR) is 133 cm³/mol. The summed E-state index contributed by atoms with van der Waals surface area (Å²) in [4.78, 5) is 27.5. The number of hydrogen-bond donors (Lipinski definition) is 1. The highest BCUT2D eigenvalue weighted by molar-refractivity contribution is 7.92. The van der Waals surface area contributed by atoms with E-state index in [2.05, 4.69) is 5.32 Å². The number of alkyl halides is 3. The van der Waals surface area contributed by atoms with Gasteiger partial charge in [-0.25, -0.2) is 8.42 Å². The zero-order valence-corrected chi connectivity index (χ0v) is 22.0. The number of rotatable bonds is 10. The van der Waals surface area contributed by atoms with Crippen molar-refractivity contribution >= 4 is 39.1 Å². The van der Waals surface area contributed by atoms with Gasteiger partial charge in [-0.15, -0.1) is 0 Å². The van der Waals surface area contributed by atoms with Crippen LogP contribution in [0.5, 0.6) is 0 Å². The first-order valence-electron chi connectivity index (χ1n) is 11.2. The minimum absolute atomic E-state index is 0.00216. The Morgan fingerprint density at radius 3 is 2.31 bits per heavy atom. The zero-order valence-electron chi connectivity index (χ0n) is 20.4. The lowest BCUT2D eigenvalue weighted by atomic mass is 10.1. The molecule has 2 rings (SSSR count). The average Bonchev–Trinajstić information content (AvgIpc) is 2.76. The number of anilines is 1. The Labute approximate surface area is 214 Å². The third-order valence-corrected chi connectivity index (χ3v) is 6.87. The van der Waals surface area contributed by atoms with Crippen molar-refractivity contribution in [3.05, 3.63) is 64.2 Å². The minimum atomic E-state index is -4.83. The molecular weight excluding hydrogens is 519 g/mol. The summed E-state index contributed by atoms with van der Waals surface area (Å²) in [5.41, 5.74) is 0.0321. The van der Waals surface area contributed by atoms with E-state index in [4.69, 9.17) is 11.6 Å². The summed E-state index contributed by atoms with van der Waals surface area (Å²) >= 11 is 5.68. The number of hydrogen-bond acceptors (Lipinski definition) is 4. The van der Waals surface area contributed by atoms with Crippen LogP contribution < -0.4 is 9.62 Å². The second-order valence-electron chi connectivity index (χ2n) is 8.26. The first-order chi connectivity index (χ1) is 16.7. The molecule has 1 N–H and O–H groups in total. The summed E-state index contributed by atoms with van der Waals surface area (Å²) in [7, 11) is -4.19. The van der Waals surface area contributed by atoms with Crippen LogP contribution >= 0.6 is 11.6 Å². The molecular formula is C24H29ClF3N3O4S. The van der Waals surface area contributed by atoms with Gasteiger partial charge in [0.25, 0.3) is 0 Å². The summed E-state index contributed by atoms with van der Waals surface area (Å²) in [6.07, 6.45) is -3.81. The maximum atomic E-state index is 13.5. The second-order valence-corrected chi connectivity index (χ2v) is 10.6. The molecule has 0 saturated heterocycles. The van der Waals surface area contributed by atoms with Gasteiger partial charge in [0, 0.05) is 13.1 Å². The van der Waals surface area contributed by atoms with E-state index in [0.29, 0.717) is 22.5 Å². The topological polar surface area (TPSA) is 86.8 Å². The summed E-state index contributed by atoms with van der Waals surface area (Å²) in [5.74, 6) is -1.17. The molecule has 0 saturated carbocycles. The molecule has 0 aliphatic rings. The minimum Gasteiger partial charge on any atom is -0.355 e. The van der Waals surface area contributed by atoms with Gasteiger partial charge in [-0.3, -0.25) is 13.9 Å². The van der Waals surface area contributed by atoms with Crippen LogP contribution in [-0.2, 0) is 32.3 Å². The number of sulfonamides is 1. The van der Waals surface area contributed by atoms with Gasteiger partial charge in [0.15, 0.2) is 0 Å². The maximum Gasteiger partial charge on any atom is 0.417 e. The van der Waals surface area contributed by atoms with Crippen molar-refractivity contribution in [3.8, 4) is 0 Å². The van der Waals surface area contributed by atoms with Gasteiger partial charge in [-0.2, -0.15) is 13.2 Å². The fourth-order valence-electron chi connectivity index (χ4n) is 3.72. The number of halogens is 4. The summed E-state index contributed by atoms with van der Waals surface area (Å²) in [6.45, 7) is 4.81. The molecule has 2 amide bonds. The molecule has 0 spiro atoms. The van der Waals surface area contributed by atoms with Crippen molar-refractivity contribution in [1.29, 1.82) is 0 Å². The third-order valence-electron chi connectivity index (χ3n) is 5.39. The van der Waals surface area contributed by atoms with Gasteiger partial charge in [0.1, 0.15) is 12.6 Å². The summed E-state index contributed by atoms with van der Waals surface area (Å²) in [6, 6.07) is 8.93. The van der Waals surface area contributed by atoms with Crippen LogP contribution in [0.3, 0.4) is 0 Å². The fourth-order valence-corrected chi connectivity index (χ4v) is 4.78. The van der Waals surface area contributed by atoms with Gasteiger partial charge in [0.05, 0.1) is 22.5 Å². The van der Waals surface area contributed by atoms with Crippen molar-refractivity contribution in [2.45, 2.75) is 46.0 Å².